The monoisotopic (exact) mass is 397 g/mol. The molecule has 0 bridgehead atoms. The van der Waals surface area contributed by atoms with Crippen LogP contribution in [0.5, 0.6) is 5.75 Å². The van der Waals surface area contributed by atoms with Crippen molar-refractivity contribution in [1.82, 2.24) is 0 Å². The summed E-state index contributed by atoms with van der Waals surface area (Å²) in [5.74, 6) is -0.428. The topological polar surface area (TPSA) is 138 Å². The van der Waals surface area contributed by atoms with Gasteiger partial charge < -0.3 is 14.5 Å². The number of para-hydroxylation sites is 2. The number of aryl methyl sites for hydroxylation is 1. The predicted molar refractivity (Wildman–Crippen MR) is 102 cm³/mol. The van der Waals surface area contributed by atoms with Gasteiger partial charge in [0.1, 0.15) is 18.1 Å². The minimum absolute atomic E-state index is 0.0342. The van der Waals surface area contributed by atoms with Crippen LogP contribution in [-0.4, -0.2) is 15.8 Å². The van der Waals surface area contributed by atoms with E-state index in [4.69, 9.17) is 9.15 Å². The molecule has 0 unspecified atom stereocenters. The fourth-order valence-electron chi connectivity index (χ4n) is 2.54. The minimum atomic E-state index is -0.674. The van der Waals surface area contributed by atoms with Gasteiger partial charge >= 0.3 is 5.69 Å². The summed E-state index contributed by atoms with van der Waals surface area (Å²) in [6.07, 6.45) is 0. The number of hydrogen-bond donors (Lipinski definition) is 1. The number of rotatable bonds is 7. The summed E-state index contributed by atoms with van der Waals surface area (Å²) in [5.41, 5.74) is 0.330. The number of nitro groups is 2. The van der Waals surface area contributed by atoms with Gasteiger partial charge in [-0.2, -0.15) is 0 Å². The number of furan rings is 1. The second-order valence-electron chi connectivity index (χ2n) is 6.01. The maximum Gasteiger partial charge on any atom is 0.311 e. The molecule has 29 heavy (non-hydrogen) atoms. The molecule has 2 aromatic carbocycles. The number of nitrogens with zero attached hydrogens (tertiary/aromatic N) is 2. The van der Waals surface area contributed by atoms with E-state index in [1.165, 1.54) is 42.5 Å². The Bertz CT molecular complexity index is 1090. The molecule has 0 radical (unpaired) electrons. The lowest BCUT2D eigenvalue weighted by atomic mass is 10.2. The highest BCUT2D eigenvalue weighted by atomic mass is 16.6. The summed E-state index contributed by atoms with van der Waals surface area (Å²) in [7, 11) is 0. The van der Waals surface area contributed by atoms with E-state index in [2.05, 4.69) is 5.32 Å². The van der Waals surface area contributed by atoms with Crippen LogP contribution in [0, 0.1) is 27.2 Å². The van der Waals surface area contributed by atoms with Crippen LogP contribution in [-0.2, 0) is 6.61 Å². The Morgan fingerprint density at radius 2 is 1.76 bits per heavy atom. The Morgan fingerprint density at radius 3 is 2.48 bits per heavy atom. The number of carbonyl (C=O) groups is 1. The third-order valence-electron chi connectivity index (χ3n) is 3.92. The van der Waals surface area contributed by atoms with Gasteiger partial charge in [0.25, 0.3) is 11.6 Å². The molecular formula is C19H15N3O7. The molecule has 148 valence electrons. The largest absolute Gasteiger partial charge is 0.479 e. The highest BCUT2D eigenvalue weighted by Crippen LogP contribution is 2.29. The molecule has 1 amide bonds. The van der Waals surface area contributed by atoms with Crippen LogP contribution in [0.1, 0.15) is 21.9 Å². The van der Waals surface area contributed by atoms with Crippen LogP contribution in [0.25, 0.3) is 0 Å². The van der Waals surface area contributed by atoms with E-state index in [1.54, 1.807) is 19.1 Å². The minimum Gasteiger partial charge on any atom is -0.479 e. The molecule has 0 spiro atoms. The molecule has 0 saturated carbocycles. The number of nitrogens with one attached hydrogen (secondary N) is 1. The van der Waals surface area contributed by atoms with Crippen molar-refractivity contribution >= 4 is 23.0 Å². The molecule has 3 rings (SSSR count). The van der Waals surface area contributed by atoms with Crippen LogP contribution in [0.4, 0.5) is 17.1 Å². The van der Waals surface area contributed by atoms with E-state index >= 15 is 0 Å². The number of ether oxygens (including phenoxy) is 1. The number of hydrogen-bond acceptors (Lipinski definition) is 7. The molecule has 0 atom stereocenters. The maximum atomic E-state index is 12.3. The van der Waals surface area contributed by atoms with Crippen LogP contribution in [0.2, 0.25) is 0 Å². The molecule has 0 aliphatic carbocycles. The van der Waals surface area contributed by atoms with Gasteiger partial charge in [-0.05, 0) is 36.8 Å². The molecular weight excluding hydrogens is 382 g/mol. The summed E-state index contributed by atoms with van der Waals surface area (Å²) in [5, 5.41) is 24.6. The number of anilines is 1. The average Bonchev–Trinajstić information content (AvgIpc) is 3.16. The van der Waals surface area contributed by atoms with E-state index in [0.717, 1.165) is 5.56 Å². The van der Waals surface area contributed by atoms with Gasteiger partial charge in [0, 0.05) is 12.1 Å². The first-order chi connectivity index (χ1) is 13.8. The Labute approximate surface area is 164 Å². The maximum absolute atomic E-state index is 12.3. The first-order valence-corrected chi connectivity index (χ1v) is 8.36. The highest BCUT2D eigenvalue weighted by molar-refractivity contribution is 6.03. The van der Waals surface area contributed by atoms with Gasteiger partial charge in [-0.25, -0.2) is 0 Å². The zero-order valence-electron chi connectivity index (χ0n) is 15.2. The Hall–Kier alpha value is -4.21. The highest BCUT2D eigenvalue weighted by Gasteiger charge is 2.19. The van der Waals surface area contributed by atoms with Crippen molar-refractivity contribution < 1.29 is 23.8 Å². The van der Waals surface area contributed by atoms with Crippen molar-refractivity contribution in [2.45, 2.75) is 13.5 Å². The van der Waals surface area contributed by atoms with Gasteiger partial charge in [0.15, 0.2) is 11.5 Å². The number of benzene rings is 2. The lowest BCUT2D eigenvalue weighted by molar-refractivity contribution is -0.386. The lowest BCUT2D eigenvalue weighted by Crippen LogP contribution is -2.12. The normalized spacial score (nSPS) is 10.4. The van der Waals surface area contributed by atoms with Gasteiger partial charge in [-0.1, -0.05) is 18.2 Å². The number of carbonyl (C=O) groups excluding carboxylic acids is 1. The smallest absolute Gasteiger partial charge is 0.311 e. The lowest BCUT2D eigenvalue weighted by Gasteiger charge is -2.06. The average molecular weight is 397 g/mol. The van der Waals surface area contributed by atoms with Crippen molar-refractivity contribution in [3.05, 3.63) is 91.9 Å². The Morgan fingerprint density at radius 1 is 1.03 bits per heavy atom. The third-order valence-corrected chi connectivity index (χ3v) is 3.92. The zero-order valence-corrected chi connectivity index (χ0v) is 15.2. The first kappa shape index (κ1) is 19.5. The molecule has 1 heterocycles. The summed E-state index contributed by atoms with van der Waals surface area (Å²) < 4.78 is 10.8. The molecule has 3 aromatic rings. The van der Waals surface area contributed by atoms with Crippen molar-refractivity contribution in [2.75, 3.05) is 5.32 Å². The fraction of sp³-hybridized carbons (Fsp3) is 0.105. The van der Waals surface area contributed by atoms with Crippen LogP contribution in [0.3, 0.4) is 0 Å². The number of nitro benzene ring substituents is 2. The third kappa shape index (κ3) is 4.56. The van der Waals surface area contributed by atoms with E-state index in [-0.39, 0.29) is 40.9 Å². The molecule has 10 heteroatoms. The van der Waals surface area contributed by atoms with E-state index in [0.29, 0.717) is 0 Å². The molecule has 1 aromatic heterocycles. The van der Waals surface area contributed by atoms with Gasteiger partial charge in [-0.15, -0.1) is 0 Å². The quantitative estimate of drug-likeness (QED) is 0.465. The number of amides is 1. The van der Waals surface area contributed by atoms with Crippen LogP contribution >= 0.6 is 0 Å². The van der Waals surface area contributed by atoms with Crippen molar-refractivity contribution in [3.8, 4) is 5.75 Å². The van der Waals surface area contributed by atoms with Gasteiger partial charge in [-0.3, -0.25) is 25.0 Å². The van der Waals surface area contributed by atoms with Crippen molar-refractivity contribution in [2.24, 2.45) is 0 Å². The SMILES string of the molecule is Cc1ccc(OCc2ccc(C(=O)Nc3ccccc3[N+](=O)[O-])o2)c([N+](=O)[O-])c1. The molecule has 0 aliphatic rings. The molecule has 10 nitrogen and oxygen atoms in total. The predicted octanol–water partition coefficient (Wildman–Crippen LogP) is 4.24. The zero-order chi connectivity index (χ0) is 21.0. The molecule has 0 aliphatic heterocycles. The molecule has 0 fully saturated rings. The van der Waals surface area contributed by atoms with Gasteiger partial charge in [0.2, 0.25) is 0 Å². The second-order valence-corrected chi connectivity index (χ2v) is 6.01. The van der Waals surface area contributed by atoms with Crippen LogP contribution in [0.15, 0.2) is 59.0 Å². The second kappa shape index (κ2) is 8.21. The molecule has 0 saturated heterocycles. The summed E-state index contributed by atoms with van der Waals surface area (Å²) in [4.78, 5) is 33.3. The fourth-order valence-corrected chi connectivity index (χ4v) is 2.54. The summed E-state index contributed by atoms with van der Waals surface area (Å²) >= 11 is 0. The standard InChI is InChI=1S/C19H15N3O7/c1-12-6-8-17(16(10-12)22(26)27)28-11-13-7-9-18(29-13)19(23)20-14-4-2-3-5-15(14)21(24)25/h2-10H,11H2,1H3,(H,20,23). The van der Waals surface area contributed by atoms with Crippen molar-refractivity contribution in [1.29, 1.82) is 0 Å². The first-order valence-electron chi connectivity index (χ1n) is 8.36. The summed E-state index contributed by atoms with van der Waals surface area (Å²) in [6.45, 7) is 1.59. The van der Waals surface area contributed by atoms with Gasteiger partial charge in [0.05, 0.1) is 9.85 Å². The summed E-state index contributed by atoms with van der Waals surface area (Å²) in [6, 6.07) is 13.1. The van der Waals surface area contributed by atoms with E-state index < -0.39 is 15.8 Å². The Kier molecular flexibility index (Phi) is 5.54. The van der Waals surface area contributed by atoms with Crippen LogP contribution < -0.4 is 10.1 Å². The van der Waals surface area contributed by atoms with E-state index in [1.807, 2.05) is 0 Å². The Balaban J connectivity index is 1.69. The van der Waals surface area contributed by atoms with E-state index in [9.17, 15) is 25.0 Å². The van der Waals surface area contributed by atoms with Crippen molar-refractivity contribution in [3.63, 3.8) is 0 Å². The molecule has 1 N–H and O–H groups in total.